The molecule has 164 valence electrons. The lowest BCUT2D eigenvalue weighted by molar-refractivity contribution is -0.117. The monoisotopic (exact) mass is 429 g/mol. The highest BCUT2D eigenvalue weighted by molar-refractivity contribution is 5.80. The minimum atomic E-state index is -0.797. The Bertz CT molecular complexity index is 1200. The molecule has 6 heteroatoms. The number of aliphatic hydroxyl groups excluding tert-OH is 1. The fraction of sp³-hybridized carbons (Fsp3) is 0.231. The van der Waals surface area contributed by atoms with E-state index in [0.29, 0.717) is 5.82 Å². The third-order valence-corrected chi connectivity index (χ3v) is 5.49. The van der Waals surface area contributed by atoms with Gasteiger partial charge in [0.15, 0.2) is 0 Å². The van der Waals surface area contributed by atoms with Crippen LogP contribution in [-0.2, 0) is 22.5 Å². The summed E-state index contributed by atoms with van der Waals surface area (Å²) < 4.78 is 8.11. The van der Waals surface area contributed by atoms with Crippen LogP contribution < -0.4 is 5.73 Å². The van der Waals surface area contributed by atoms with E-state index in [1.54, 1.807) is 0 Å². The molecule has 0 bridgehead atoms. The second-order valence-electron chi connectivity index (χ2n) is 7.90. The first-order valence-corrected chi connectivity index (χ1v) is 10.7. The number of aromatic nitrogens is 2. The van der Waals surface area contributed by atoms with Crippen molar-refractivity contribution in [2.45, 2.75) is 32.1 Å². The third kappa shape index (κ3) is 4.88. The van der Waals surface area contributed by atoms with Gasteiger partial charge in [-0.25, -0.2) is 4.98 Å². The van der Waals surface area contributed by atoms with Gasteiger partial charge in [0.1, 0.15) is 11.9 Å². The molecule has 0 aliphatic carbocycles. The highest BCUT2D eigenvalue weighted by Gasteiger charge is 2.20. The molecule has 4 aromatic rings. The van der Waals surface area contributed by atoms with E-state index in [2.05, 4.69) is 18.0 Å². The number of para-hydroxylation sites is 2. The van der Waals surface area contributed by atoms with Gasteiger partial charge >= 0.3 is 0 Å². The van der Waals surface area contributed by atoms with Crippen molar-refractivity contribution in [1.82, 2.24) is 9.55 Å². The maximum absolute atomic E-state index is 11.5. The SMILES string of the molecule is Cc1ccccc1[C@@H](OC[C@H](O)Cn1c(CC(N)=O)nc2ccccc21)c1ccccc1. The fourth-order valence-corrected chi connectivity index (χ4v) is 3.97. The molecule has 32 heavy (non-hydrogen) atoms. The number of aliphatic hydroxyl groups is 1. The van der Waals surface area contributed by atoms with Crippen LogP contribution in [0.25, 0.3) is 11.0 Å². The van der Waals surface area contributed by atoms with Crippen LogP contribution in [0, 0.1) is 6.92 Å². The number of ether oxygens (including phenoxy) is 1. The van der Waals surface area contributed by atoms with Crippen LogP contribution in [0.1, 0.15) is 28.6 Å². The highest BCUT2D eigenvalue weighted by Crippen LogP contribution is 2.28. The zero-order chi connectivity index (χ0) is 22.5. The van der Waals surface area contributed by atoms with Crippen LogP contribution in [-0.4, -0.2) is 33.3 Å². The molecule has 1 aromatic heterocycles. The minimum absolute atomic E-state index is 0.0120. The molecule has 2 atom stereocenters. The first-order chi connectivity index (χ1) is 15.5. The van der Waals surface area contributed by atoms with Crippen LogP contribution in [0.2, 0.25) is 0 Å². The zero-order valence-electron chi connectivity index (χ0n) is 18.0. The molecule has 1 heterocycles. The van der Waals surface area contributed by atoms with Crippen LogP contribution in [0.15, 0.2) is 78.9 Å². The van der Waals surface area contributed by atoms with Crippen LogP contribution >= 0.6 is 0 Å². The summed E-state index contributed by atoms with van der Waals surface area (Å²) in [7, 11) is 0. The second-order valence-corrected chi connectivity index (χ2v) is 7.90. The Hall–Kier alpha value is -3.48. The van der Waals surface area contributed by atoms with Gasteiger partial charge in [0, 0.05) is 0 Å². The van der Waals surface area contributed by atoms with Gasteiger partial charge in [0.2, 0.25) is 5.91 Å². The molecule has 0 spiro atoms. The molecule has 0 saturated carbocycles. The lowest BCUT2D eigenvalue weighted by atomic mass is 9.97. The number of primary amides is 1. The average molecular weight is 430 g/mol. The Kier molecular flexibility index (Phi) is 6.63. The molecular weight excluding hydrogens is 402 g/mol. The lowest BCUT2D eigenvalue weighted by Crippen LogP contribution is -2.26. The van der Waals surface area contributed by atoms with E-state index >= 15 is 0 Å². The number of amides is 1. The molecule has 4 rings (SSSR count). The summed E-state index contributed by atoms with van der Waals surface area (Å²) >= 11 is 0. The summed E-state index contributed by atoms with van der Waals surface area (Å²) in [4.78, 5) is 16.0. The number of nitrogens with zero attached hydrogens (tertiary/aromatic N) is 2. The molecule has 0 saturated heterocycles. The van der Waals surface area contributed by atoms with E-state index in [-0.39, 0.29) is 25.7 Å². The van der Waals surface area contributed by atoms with E-state index in [0.717, 1.165) is 27.7 Å². The maximum atomic E-state index is 11.5. The lowest BCUT2D eigenvalue weighted by Gasteiger charge is -2.23. The summed E-state index contributed by atoms with van der Waals surface area (Å²) in [6.45, 7) is 2.42. The van der Waals surface area contributed by atoms with Crippen molar-refractivity contribution in [3.05, 3.63) is 101 Å². The summed E-state index contributed by atoms with van der Waals surface area (Å²) in [5.74, 6) is 0.0762. The standard InChI is InChI=1S/C26H27N3O3/c1-18-9-5-6-12-21(18)26(19-10-3-2-4-11-19)32-17-20(30)16-29-23-14-8-7-13-22(23)28-25(29)15-24(27)31/h2-14,20,26,30H,15-17H2,1H3,(H2,27,31)/t20-,26+/m1/s1. The van der Waals surface area contributed by atoms with Gasteiger partial charge < -0.3 is 20.1 Å². The predicted molar refractivity (Wildman–Crippen MR) is 124 cm³/mol. The van der Waals surface area contributed by atoms with Gasteiger partial charge in [0.05, 0.1) is 36.7 Å². The van der Waals surface area contributed by atoms with E-state index in [1.165, 1.54) is 0 Å². The van der Waals surface area contributed by atoms with Crippen molar-refractivity contribution in [1.29, 1.82) is 0 Å². The highest BCUT2D eigenvalue weighted by atomic mass is 16.5. The summed E-state index contributed by atoms with van der Waals surface area (Å²) in [5.41, 5.74) is 10.2. The Balaban J connectivity index is 1.55. The molecule has 3 aromatic carbocycles. The molecule has 0 fully saturated rings. The molecule has 3 N–H and O–H groups in total. The Morgan fingerprint density at radius 2 is 1.72 bits per heavy atom. The summed E-state index contributed by atoms with van der Waals surface area (Å²) in [6, 6.07) is 25.7. The first kappa shape index (κ1) is 21.7. The number of fused-ring (bicyclic) bond motifs is 1. The number of hydrogen-bond donors (Lipinski definition) is 2. The number of aryl methyl sites for hydroxylation is 1. The first-order valence-electron chi connectivity index (χ1n) is 10.7. The van der Waals surface area contributed by atoms with Crippen molar-refractivity contribution in [3.8, 4) is 0 Å². The van der Waals surface area contributed by atoms with E-state index in [1.807, 2.05) is 77.4 Å². The Morgan fingerprint density at radius 1 is 1.03 bits per heavy atom. The van der Waals surface area contributed by atoms with Crippen molar-refractivity contribution < 1.29 is 14.6 Å². The number of carbonyl (C=O) groups is 1. The zero-order valence-corrected chi connectivity index (χ0v) is 18.0. The molecule has 0 radical (unpaired) electrons. The van der Waals surface area contributed by atoms with Gasteiger partial charge in [-0.3, -0.25) is 4.79 Å². The van der Waals surface area contributed by atoms with Crippen LogP contribution in [0.4, 0.5) is 0 Å². The van der Waals surface area contributed by atoms with Gasteiger partial charge in [-0.15, -0.1) is 0 Å². The molecule has 1 amide bonds. The van der Waals surface area contributed by atoms with Gasteiger partial charge in [-0.05, 0) is 35.7 Å². The van der Waals surface area contributed by atoms with Crippen LogP contribution in [0.3, 0.4) is 0 Å². The summed E-state index contributed by atoms with van der Waals surface area (Å²) in [5, 5.41) is 10.9. The number of rotatable bonds is 9. The molecule has 0 aliphatic rings. The smallest absolute Gasteiger partial charge is 0.225 e. The van der Waals surface area contributed by atoms with Crippen molar-refractivity contribution in [2.75, 3.05) is 6.61 Å². The van der Waals surface area contributed by atoms with E-state index in [4.69, 9.17) is 10.5 Å². The van der Waals surface area contributed by atoms with Crippen molar-refractivity contribution in [3.63, 3.8) is 0 Å². The number of nitrogens with two attached hydrogens (primary N) is 1. The minimum Gasteiger partial charge on any atom is -0.389 e. The number of benzene rings is 3. The topological polar surface area (TPSA) is 90.4 Å². The molecule has 0 aliphatic heterocycles. The second kappa shape index (κ2) is 9.77. The van der Waals surface area contributed by atoms with Gasteiger partial charge in [0.25, 0.3) is 0 Å². The average Bonchev–Trinajstić information content (AvgIpc) is 3.12. The molecule has 6 nitrogen and oxygen atoms in total. The number of carbonyl (C=O) groups excluding carboxylic acids is 1. The van der Waals surface area contributed by atoms with Gasteiger partial charge in [-0.2, -0.15) is 0 Å². The predicted octanol–water partition coefficient (Wildman–Crippen LogP) is 3.54. The maximum Gasteiger partial charge on any atom is 0.225 e. The van der Waals surface area contributed by atoms with Crippen molar-refractivity contribution >= 4 is 16.9 Å². The third-order valence-electron chi connectivity index (χ3n) is 5.49. The quantitative estimate of drug-likeness (QED) is 0.426. The van der Waals surface area contributed by atoms with Gasteiger partial charge in [-0.1, -0.05) is 66.7 Å². The molecule has 0 unspecified atom stereocenters. The Morgan fingerprint density at radius 3 is 2.47 bits per heavy atom. The summed E-state index contributed by atoms with van der Waals surface area (Å²) in [6.07, 6.45) is -1.08. The largest absolute Gasteiger partial charge is 0.389 e. The molecular formula is C26H27N3O3. The normalized spacial score (nSPS) is 13.2. The number of hydrogen-bond acceptors (Lipinski definition) is 4. The Labute approximate surface area is 187 Å². The van der Waals surface area contributed by atoms with Crippen LogP contribution in [0.5, 0.6) is 0 Å². The number of imidazole rings is 1. The fourth-order valence-electron chi connectivity index (χ4n) is 3.97. The van der Waals surface area contributed by atoms with E-state index in [9.17, 15) is 9.90 Å². The van der Waals surface area contributed by atoms with Crippen molar-refractivity contribution in [2.24, 2.45) is 5.73 Å². The van der Waals surface area contributed by atoms with E-state index < -0.39 is 12.0 Å².